The molecule has 0 radical (unpaired) electrons. The summed E-state index contributed by atoms with van der Waals surface area (Å²) in [6, 6.07) is 1.77. The second-order valence-corrected chi connectivity index (χ2v) is 10.1. The third-order valence-electron chi connectivity index (χ3n) is 3.90. The molecule has 0 spiro atoms. The first-order valence-corrected chi connectivity index (χ1v) is 9.81. The summed E-state index contributed by atoms with van der Waals surface area (Å²) < 4.78 is 28.7. The van der Waals surface area contributed by atoms with Crippen molar-refractivity contribution in [3.63, 3.8) is 0 Å². The Hall–Kier alpha value is 0.0500. The summed E-state index contributed by atoms with van der Waals surface area (Å²) >= 11 is 4.83. The lowest BCUT2D eigenvalue weighted by molar-refractivity contribution is 0.313. The summed E-state index contributed by atoms with van der Waals surface area (Å²) in [6.07, 6.45) is 3.06. The van der Waals surface area contributed by atoms with Gasteiger partial charge in [0.15, 0.2) is 0 Å². The van der Waals surface area contributed by atoms with E-state index in [4.69, 9.17) is 0 Å². The Kier molecular flexibility index (Phi) is 4.96. The maximum Gasteiger partial charge on any atom is 0.242 e. The highest BCUT2D eigenvalue weighted by Gasteiger charge is 2.37. The molecule has 0 bridgehead atoms. The first-order valence-electron chi connectivity index (χ1n) is 6.71. The van der Waals surface area contributed by atoms with Crippen molar-refractivity contribution >= 4 is 37.3 Å². The highest BCUT2D eigenvalue weighted by molar-refractivity contribution is 9.11. The zero-order chi connectivity index (χ0) is 15.0. The van der Waals surface area contributed by atoms with E-state index in [0.717, 1.165) is 24.1 Å². The van der Waals surface area contributed by atoms with Crippen LogP contribution in [0.3, 0.4) is 0 Å². The van der Waals surface area contributed by atoms with Crippen LogP contribution in [0, 0.1) is 5.41 Å². The number of nitrogens with one attached hydrogen (secondary N) is 2. The molecule has 2 rings (SSSR count). The molecule has 4 nitrogen and oxygen atoms in total. The van der Waals surface area contributed by atoms with Gasteiger partial charge in [-0.3, -0.25) is 0 Å². The minimum absolute atomic E-state index is 0.0204. The number of sulfonamides is 1. The lowest BCUT2D eigenvalue weighted by Crippen LogP contribution is -2.41. The molecule has 1 fully saturated rings. The van der Waals surface area contributed by atoms with Crippen molar-refractivity contribution in [1.29, 1.82) is 0 Å². The maximum atomic E-state index is 12.6. The topological polar surface area (TPSA) is 58.2 Å². The lowest BCUT2D eigenvalue weighted by Gasteiger charge is -2.27. The molecule has 1 aromatic rings. The van der Waals surface area contributed by atoms with Crippen LogP contribution in [-0.4, -0.2) is 21.5 Å². The van der Waals surface area contributed by atoms with Crippen LogP contribution >= 0.6 is 27.3 Å². The number of halogens is 1. The van der Waals surface area contributed by atoms with E-state index in [9.17, 15) is 8.42 Å². The van der Waals surface area contributed by atoms with Crippen LogP contribution < -0.4 is 10.0 Å². The Labute approximate surface area is 133 Å². The first kappa shape index (κ1) is 16.4. The molecule has 0 amide bonds. The van der Waals surface area contributed by atoms with Crippen molar-refractivity contribution in [2.45, 2.75) is 50.6 Å². The SMILES string of the molecule is CNCc1cc(S(=O)(=O)NC2CCCC2(C)C)c(Br)s1. The van der Waals surface area contributed by atoms with Gasteiger partial charge in [-0.1, -0.05) is 20.3 Å². The van der Waals surface area contributed by atoms with Crippen LogP contribution in [0.5, 0.6) is 0 Å². The van der Waals surface area contributed by atoms with Gasteiger partial charge in [0.25, 0.3) is 0 Å². The Morgan fingerprint density at radius 1 is 1.50 bits per heavy atom. The van der Waals surface area contributed by atoms with Gasteiger partial charge >= 0.3 is 0 Å². The van der Waals surface area contributed by atoms with Crippen molar-refractivity contribution in [2.24, 2.45) is 5.41 Å². The van der Waals surface area contributed by atoms with Crippen molar-refractivity contribution in [2.75, 3.05) is 7.05 Å². The van der Waals surface area contributed by atoms with Gasteiger partial charge in [-0.2, -0.15) is 0 Å². The number of hydrogen-bond acceptors (Lipinski definition) is 4. The predicted molar refractivity (Wildman–Crippen MR) is 86.5 cm³/mol. The largest absolute Gasteiger partial charge is 0.315 e. The van der Waals surface area contributed by atoms with E-state index >= 15 is 0 Å². The Balaban J connectivity index is 2.22. The molecule has 114 valence electrons. The zero-order valence-electron chi connectivity index (χ0n) is 12.0. The Morgan fingerprint density at radius 2 is 2.20 bits per heavy atom. The Morgan fingerprint density at radius 3 is 2.75 bits per heavy atom. The van der Waals surface area contributed by atoms with Crippen LogP contribution in [0.15, 0.2) is 14.7 Å². The van der Waals surface area contributed by atoms with E-state index in [1.165, 1.54) is 11.3 Å². The highest BCUT2D eigenvalue weighted by atomic mass is 79.9. The highest BCUT2D eigenvalue weighted by Crippen LogP contribution is 2.39. The Bertz CT molecular complexity index is 581. The molecule has 1 saturated carbocycles. The third-order valence-corrected chi connectivity index (χ3v) is 7.63. The van der Waals surface area contributed by atoms with Gasteiger partial charge in [-0.15, -0.1) is 11.3 Å². The zero-order valence-corrected chi connectivity index (χ0v) is 15.2. The standard InChI is InChI=1S/C13H21BrN2O2S2/c1-13(2)6-4-5-11(13)16-20(17,18)10-7-9(8-15-3)19-12(10)14/h7,11,15-16H,4-6,8H2,1-3H3. The molecule has 20 heavy (non-hydrogen) atoms. The fourth-order valence-corrected chi connectivity index (χ4v) is 6.77. The molecular weight excluding hydrogens is 360 g/mol. The molecule has 0 aliphatic heterocycles. The third kappa shape index (κ3) is 3.44. The summed E-state index contributed by atoms with van der Waals surface area (Å²) in [6.45, 7) is 4.93. The average Bonchev–Trinajstić information content (AvgIpc) is 2.84. The predicted octanol–water partition coefficient (Wildman–Crippen LogP) is 3.09. The molecule has 1 aromatic heterocycles. The van der Waals surface area contributed by atoms with Gasteiger partial charge in [0.2, 0.25) is 10.0 Å². The summed E-state index contributed by atoms with van der Waals surface area (Å²) in [5.41, 5.74) is 0.0311. The van der Waals surface area contributed by atoms with Crippen LogP contribution in [0.1, 0.15) is 38.0 Å². The smallest absolute Gasteiger partial charge is 0.242 e. The molecule has 0 saturated heterocycles. The van der Waals surface area contributed by atoms with Crippen LogP contribution in [-0.2, 0) is 16.6 Å². The van der Waals surface area contributed by atoms with Gasteiger partial charge in [0.1, 0.15) is 4.90 Å². The monoisotopic (exact) mass is 380 g/mol. The minimum Gasteiger partial charge on any atom is -0.315 e. The van der Waals surface area contributed by atoms with E-state index in [2.05, 4.69) is 39.8 Å². The van der Waals surface area contributed by atoms with Crippen molar-refractivity contribution in [3.8, 4) is 0 Å². The lowest BCUT2D eigenvalue weighted by atomic mass is 9.88. The van der Waals surface area contributed by atoms with Gasteiger partial charge in [-0.25, -0.2) is 13.1 Å². The summed E-state index contributed by atoms with van der Waals surface area (Å²) in [5, 5.41) is 3.04. The molecule has 1 aliphatic rings. The van der Waals surface area contributed by atoms with Crippen LogP contribution in [0.25, 0.3) is 0 Å². The molecule has 1 unspecified atom stereocenters. The minimum atomic E-state index is -3.46. The maximum absolute atomic E-state index is 12.6. The second kappa shape index (κ2) is 6.04. The second-order valence-electron chi connectivity index (χ2n) is 5.94. The molecule has 7 heteroatoms. The van der Waals surface area contributed by atoms with Gasteiger partial charge in [0.05, 0.1) is 3.79 Å². The summed E-state index contributed by atoms with van der Waals surface area (Å²) in [5.74, 6) is 0. The van der Waals surface area contributed by atoms with Crippen LogP contribution in [0.4, 0.5) is 0 Å². The van der Waals surface area contributed by atoms with E-state index in [1.54, 1.807) is 6.07 Å². The van der Waals surface area contributed by atoms with Crippen molar-refractivity contribution < 1.29 is 8.42 Å². The molecule has 0 aromatic carbocycles. The van der Waals surface area contributed by atoms with Crippen molar-refractivity contribution in [3.05, 3.63) is 14.7 Å². The van der Waals surface area contributed by atoms with Crippen molar-refractivity contribution in [1.82, 2.24) is 10.0 Å². The molecular formula is C13H21BrN2O2S2. The number of thiophene rings is 1. The summed E-state index contributed by atoms with van der Waals surface area (Å²) in [7, 11) is -1.61. The number of hydrogen-bond donors (Lipinski definition) is 2. The molecule has 2 N–H and O–H groups in total. The molecule has 1 atom stereocenters. The van der Waals surface area contributed by atoms with Gasteiger partial charge in [0, 0.05) is 17.5 Å². The average molecular weight is 381 g/mol. The van der Waals surface area contributed by atoms with E-state index in [-0.39, 0.29) is 11.5 Å². The van der Waals surface area contributed by atoms with E-state index in [1.807, 2.05) is 7.05 Å². The quantitative estimate of drug-likeness (QED) is 0.824. The molecule has 1 aliphatic carbocycles. The van der Waals surface area contributed by atoms with E-state index < -0.39 is 10.0 Å². The van der Waals surface area contributed by atoms with E-state index in [0.29, 0.717) is 15.2 Å². The fraction of sp³-hybridized carbons (Fsp3) is 0.692. The van der Waals surface area contributed by atoms with Gasteiger partial charge in [-0.05, 0) is 47.3 Å². The number of rotatable bonds is 5. The first-order chi connectivity index (χ1) is 9.26. The fourth-order valence-electron chi connectivity index (χ4n) is 2.64. The molecule has 1 heterocycles. The summed E-state index contributed by atoms with van der Waals surface area (Å²) in [4.78, 5) is 1.36. The normalized spacial score (nSPS) is 22.3. The van der Waals surface area contributed by atoms with Crippen LogP contribution in [0.2, 0.25) is 0 Å². The van der Waals surface area contributed by atoms with Gasteiger partial charge < -0.3 is 5.32 Å².